The normalized spacial score (nSPS) is 14.3. The average molecular weight is 344 g/mol. The number of benzene rings is 1. The summed E-state index contributed by atoms with van der Waals surface area (Å²) in [5.41, 5.74) is 0.285. The molecule has 0 spiro atoms. The molecule has 0 bridgehead atoms. The van der Waals surface area contributed by atoms with E-state index in [2.05, 4.69) is 48.1 Å². The molecule has 0 aliphatic rings. The maximum absolute atomic E-state index is 10.3. The summed E-state index contributed by atoms with van der Waals surface area (Å²) < 4.78 is 6.88. The van der Waals surface area contributed by atoms with E-state index in [4.69, 9.17) is 4.74 Å². The van der Waals surface area contributed by atoms with Crippen molar-refractivity contribution < 1.29 is 9.84 Å². The molecule has 1 atom stereocenters. The number of halogens is 1. The zero-order chi connectivity index (χ0) is 15.2. The molecule has 0 fully saturated rings. The Morgan fingerprint density at radius 3 is 2.70 bits per heavy atom. The molecular formula is C16H26BrNO2. The third kappa shape index (κ3) is 5.81. The Bertz CT molecular complexity index is 419. The van der Waals surface area contributed by atoms with Crippen LogP contribution in [0.2, 0.25) is 0 Å². The maximum atomic E-state index is 10.3. The first-order chi connectivity index (χ1) is 9.35. The Morgan fingerprint density at radius 1 is 1.40 bits per heavy atom. The predicted molar refractivity (Wildman–Crippen MR) is 87.5 cm³/mol. The lowest BCUT2D eigenvalue weighted by molar-refractivity contribution is 0.0121. The standard InChI is InChI=1S/C16H26BrNO2/c1-5-8-18-10-16(4,19)11-20-15-7-6-13(17)9-14(15)12(2)3/h6-7,9,12,18-19H,5,8,10-11H2,1-4H3. The van der Waals surface area contributed by atoms with Crippen molar-refractivity contribution >= 4 is 15.9 Å². The molecule has 1 unspecified atom stereocenters. The van der Waals surface area contributed by atoms with Crippen LogP contribution in [-0.2, 0) is 0 Å². The van der Waals surface area contributed by atoms with Gasteiger partial charge in [0.1, 0.15) is 18.0 Å². The monoisotopic (exact) mass is 343 g/mol. The summed E-state index contributed by atoms with van der Waals surface area (Å²) in [5, 5.41) is 13.5. The fourth-order valence-corrected chi connectivity index (χ4v) is 2.30. The molecular weight excluding hydrogens is 318 g/mol. The van der Waals surface area contributed by atoms with Crippen LogP contribution in [0.3, 0.4) is 0 Å². The van der Waals surface area contributed by atoms with Gasteiger partial charge in [-0.1, -0.05) is 36.7 Å². The maximum Gasteiger partial charge on any atom is 0.122 e. The van der Waals surface area contributed by atoms with Gasteiger partial charge in [0.05, 0.1) is 0 Å². The van der Waals surface area contributed by atoms with Crippen LogP contribution < -0.4 is 10.1 Å². The summed E-state index contributed by atoms with van der Waals surface area (Å²) in [6.07, 6.45) is 1.06. The molecule has 0 saturated heterocycles. The molecule has 1 rings (SSSR count). The minimum Gasteiger partial charge on any atom is -0.490 e. The second-order valence-corrected chi connectivity index (χ2v) is 6.71. The molecule has 0 heterocycles. The molecule has 114 valence electrons. The third-order valence-corrected chi connectivity index (χ3v) is 3.56. The van der Waals surface area contributed by atoms with E-state index < -0.39 is 5.60 Å². The molecule has 0 aliphatic carbocycles. The molecule has 0 aliphatic heterocycles. The van der Waals surface area contributed by atoms with Crippen LogP contribution in [0.4, 0.5) is 0 Å². The van der Waals surface area contributed by atoms with E-state index in [1.165, 1.54) is 0 Å². The number of rotatable bonds is 8. The molecule has 4 heteroatoms. The van der Waals surface area contributed by atoms with Gasteiger partial charge in [-0.2, -0.15) is 0 Å². The minimum atomic E-state index is -0.865. The van der Waals surface area contributed by atoms with Gasteiger partial charge in [-0.15, -0.1) is 0 Å². The van der Waals surface area contributed by atoms with Gasteiger partial charge in [-0.3, -0.25) is 0 Å². The number of nitrogens with one attached hydrogen (secondary N) is 1. The van der Waals surface area contributed by atoms with Gasteiger partial charge in [0, 0.05) is 11.0 Å². The van der Waals surface area contributed by atoms with E-state index in [-0.39, 0.29) is 6.61 Å². The second-order valence-electron chi connectivity index (χ2n) is 5.80. The first-order valence-corrected chi connectivity index (χ1v) is 8.00. The van der Waals surface area contributed by atoms with Crippen molar-refractivity contribution in [3.05, 3.63) is 28.2 Å². The smallest absolute Gasteiger partial charge is 0.122 e. The Hall–Kier alpha value is -0.580. The van der Waals surface area contributed by atoms with Gasteiger partial charge in [0.25, 0.3) is 0 Å². The zero-order valence-electron chi connectivity index (χ0n) is 12.9. The molecule has 20 heavy (non-hydrogen) atoms. The van der Waals surface area contributed by atoms with E-state index >= 15 is 0 Å². The highest BCUT2D eigenvalue weighted by Crippen LogP contribution is 2.30. The number of hydrogen-bond acceptors (Lipinski definition) is 3. The van der Waals surface area contributed by atoms with Gasteiger partial charge in [-0.25, -0.2) is 0 Å². The van der Waals surface area contributed by atoms with Crippen molar-refractivity contribution in [3.63, 3.8) is 0 Å². The molecule has 3 nitrogen and oxygen atoms in total. The highest BCUT2D eigenvalue weighted by atomic mass is 79.9. The summed E-state index contributed by atoms with van der Waals surface area (Å²) in [4.78, 5) is 0. The SMILES string of the molecule is CCCNCC(C)(O)COc1ccc(Br)cc1C(C)C. The van der Waals surface area contributed by atoms with E-state index in [1.807, 2.05) is 12.1 Å². The van der Waals surface area contributed by atoms with E-state index in [0.717, 1.165) is 28.8 Å². The predicted octanol–water partition coefficient (Wildman–Crippen LogP) is 3.70. The Morgan fingerprint density at radius 2 is 2.10 bits per heavy atom. The van der Waals surface area contributed by atoms with Crippen LogP contribution in [0, 0.1) is 0 Å². The highest BCUT2D eigenvalue weighted by Gasteiger charge is 2.21. The Balaban J connectivity index is 2.64. The molecule has 0 saturated carbocycles. The topological polar surface area (TPSA) is 41.5 Å². The first kappa shape index (κ1) is 17.5. The molecule has 0 radical (unpaired) electrons. The lowest BCUT2D eigenvalue weighted by Gasteiger charge is -2.25. The molecule has 0 amide bonds. The Labute approximate surface area is 130 Å². The first-order valence-electron chi connectivity index (χ1n) is 7.21. The van der Waals surface area contributed by atoms with Gasteiger partial charge >= 0.3 is 0 Å². The van der Waals surface area contributed by atoms with Crippen LogP contribution in [-0.4, -0.2) is 30.4 Å². The summed E-state index contributed by atoms with van der Waals surface area (Å²) in [6, 6.07) is 5.99. The van der Waals surface area contributed by atoms with Crippen molar-refractivity contribution in [2.75, 3.05) is 19.7 Å². The molecule has 1 aromatic rings. The minimum absolute atomic E-state index is 0.283. The largest absolute Gasteiger partial charge is 0.490 e. The van der Waals surface area contributed by atoms with Crippen molar-refractivity contribution in [1.82, 2.24) is 5.32 Å². The van der Waals surface area contributed by atoms with Crippen LogP contribution in [0.5, 0.6) is 5.75 Å². The van der Waals surface area contributed by atoms with Crippen molar-refractivity contribution in [2.24, 2.45) is 0 Å². The van der Waals surface area contributed by atoms with E-state index in [9.17, 15) is 5.11 Å². The summed E-state index contributed by atoms with van der Waals surface area (Å²) >= 11 is 3.48. The number of aliphatic hydroxyl groups is 1. The van der Waals surface area contributed by atoms with Crippen LogP contribution in [0.1, 0.15) is 45.6 Å². The second kappa shape index (κ2) is 8.01. The fraction of sp³-hybridized carbons (Fsp3) is 0.625. The fourth-order valence-electron chi connectivity index (χ4n) is 1.92. The van der Waals surface area contributed by atoms with Crippen LogP contribution in [0.15, 0.2) is 22.7 Å². The molecule has 0 aromatic heterocycles. The van der Waals surface area contributed by atoms with Crippen LogP contribution >= 0.6 is 15.9 Å². The third-order valence-electron chi connectivity index (χ3n) is 3.07. The molecule has 1 aromatic carbocycles. The quantitative estimate of drug-likeness (QED) is 0.707. The number of hydrogen-bond donors (Lipinski definition) is 2. The van der Waals surface area contributed by atoms with Crippen molar-refractivity contribution in [1.29, 1.82) is 0 Å². The van der Waals surface area contributed by atoms with E-state index in [0.29, 0.717) is 12.5 Å². The lowest BCUT2D eigenvalue weighted by Crippen LogP contribution is -2.43. The van der Waals surface area contributed by atoms with Gasteiger partial charge < -0.3 is 15.2 Å². The average Bonchev–Trinajstić information content (AvgIpc) is 2.37. The van der Waals surface area contributed by atoms with Crippen LogP contribution in [0.25, 0.3) is 0 Å². The van der Waals surface area contributed by atoms with E-state index in [1.54, 1.807) is 6.92 Å². The van der Waals surface area contributed by atoms with Gasteiger partial charge in [-0.05, 0) is 49.6 Å². The summed E-state index contributed by atoms with van der Waals surface area (Å²) in [7, 11) is 0. The van der Waals surface area contributed by atoms with Crippen molar-refractivity contribution in [3.8, 4) is 5.75 Å². The van der Waals surface area contributed by atoms with Gasteiger partial charge in [0.15, 0.2) is 0 Å². The van der Waals surface area contributed by atoms with Gasteiger partial charge in [0.2, 0.25) is 0 Å². The number of ether oxygens (including phenoxy) is 1. The molecule has 2 N–H and O–H groups in total. The summed E-state index contributed by atoms with van der Waals surface area (Å²) in [5.74, 6) is 1.23. The highest BCUT2D eigenvalue weighted by molar-refractivity contribution is 9.10. The van der Waals surface area contributed by atoms with Crippen molar-refractivity contribution in [2.45, 2.75) is 45.6 Å². The lowest BCUT2D eigenvalue weighted by atomic mass is 10.0. The zero-order valence-corrected chi connectivity index (χ0v) is 14.5. The summed E-state index contributed by atoms with van der Waals surface area (Å²) in [6.45, 7) is 9.90. The Kier molecular flexibility index (Phi) is 7.00.